The Morgan fingerprint density at radius 2 is 1.84 bits per heavy atom. The molecule has 0 radical (unpaired) electrons. The van der Waals surface area contributed by atoms with Crippen LogP contribution in [0.2, 0.25) is 0 Å². The topological polar surface area (TPSA) is 61.2 Å². The fourth-order valence-electron chi connectivity index (χ4n) is 1.37. The molecule has 5 heteroatoms. The molecular formula is C14H16N2O2S. The van der Waals surface area contributed by atoms with Gasteiger partial charge in [-0.2, -0.15) is 5.26 Å². The van der Waals surface area contributed by atoms with E-state index in [0.29, 0.717) is 0 Å². The lowest BCUT2D eigenvalue weighted by Gasteiger charge is -2.11. The standard InChI is InChI=1S/C14H16N2O2S/c1-16(2)13-9-7-12(8-10-13)5-4-6-14(11-15)19(3,17)18/h4-10H,1-3H3. The number of hydrogen-bond donors (Lipinski definition) is 0. The Kier molecular flexibility index (Phi) is 4.90. The zero-order valence-electron chi connectivity index (χ0n) is 11.2. The quantitative estimate of drug-likeness (QED) is 0.625. The van der Waals surface area contributed by atoms with E-state index in [9.17, 15) is 8.42 Å². The SMILES string of the molecule is CN(C)c1ccc(C=CC=C(C#N)S(C)(=O)=O)cc1. The Morgan fingerprint density at radius 3 is 2.26 bits per heavy atom. The Hall–Kier alpha value is -2.06. The second-order valence-corrected chi connectivity index (χ2v) is 6.24. The van der Waals surface area contributed by atoms with Crippen molar-refractivity contribution >= 4 is 21.6 Å². The van der Waals surface area contributed by atoms with Gasteiger partial charge in [0.15, 0.2) is 9.84 Å². The molecule has 0 amide bonds. The minimum Gasteiger partial charge on any atom is -0.378 e. The van der Waals surface area contributed by atoms with Gasteiger partial charge in [-0.25, -0.2) is 8.42 Å². The molecule has 1 aromatic rings. The first-order valence-electron chi connectivity index (χ1n) is 5.60. The van der Waals surface area contributed by atoms with Gasteiger partial charge in [0.05, 0.1) is 0 Å². The number of allylic oxidation sites excluding steroid dienone is 3. The summed E-state index contributed by atoms with van der Waals surface area (Å²) in [5, 5.41) is 8.72. The van der Waals surface area contributed by atoms with Crippen LogP contribution in [0.3, 0.4) is 0 Å². The molecule has 0 atom stereocenters. The number of hydrogen-bond acceptors (Lipinski definition) is 4. The number of rotatable bonds is 4. The van der Waals surface area contributed by atoms with Crippen LogP contribution in [0.15, 0.2) is 41.3 Å². The van der Waals surface area contributed by atoms with E-state index in [0.717, 1.165) is 17.5 Å². The number of nitrogens with zero attached hydrogens (tertiary/aromatic N) is 2. The van der Waals surface area contributed by atoms with Gasteiger partial charge in [-0.15, -0.1) is 0 Å². The van der Waals surface area contributed by atoms with Crippen LogP contribution in [0.5, 0.6) is 0 Å². The fourth-order valence-corrected chi connectivity index (χ4v) is 1.87. The van der Waals surface area contributed by atoms with Crippen LogP contribution in [-0.4, -0.2) is 28.8 Å². The van der Waals surface area contributed by atoms with E-state index in [-0.39, 0.29) is 4.91 Å². The minimum atomic E-state index is -3.45. The average Bonchev–Trinajstić information content (AvgIpc) is 2.33. The van der Waals surface area contributed by atoms with Crippen LogP contribution in [-0.2, 0) is 9.84 Å². The molecule has 0 aromatic heterocycles. The van der Waals surface area contributed by atoms with E-state index in [1.54, 1.807) is 18.2 Å². The lowest BCUT2D eigenvalue weighted by molar-refractivity contribution is 0.608. The highest BCUT2D eigenvalue weighted by Crippen LogP contribution is 2.13. The Labute approximate surface area is 114 Å². The molecule has 0 unspecified atom stereocenters. The third-order valence-corrected chi connectivity index (χ3v) is 3.48. The van der Waals surface area contributed by atoms with E-state index in [4.69, 9.17) is 5.26 Å². The summed E-state index contributed by atoms with van der Waals surface area (Å²) >= 11 is 0. The summed E-state index contributed by atoms with van der Waals surface area (Å²) in [4.78, 5) is 1.75. The Balaban J connectivity index is 2.89. The molecule has 0 bridgehead atoms. The van der Waals surface area contributed by atoms with Crippen molar-refractivity contribution in [1.29, 1.82) is 5.26 Å². The maximum atomic E-state index is 11.2. The molecule has 0 aliphatic rings. The summed E-state index contributed by atoms with van der Waals surface area (Å²) in [5.41, 5.74) is 2.02. The van der Waals surface area contributed by atoms with Crippen LogP contribution < -0.4 is 4.90 Å². The monoisotopic (exact) mass is 276 g/mol. The van der Waals surface area contributed by atoms with Gasteiger partial charge in [-0.1, -0.05) is 24.3 Å². The molecule has 0 saturated carbocycles. The molecular weight excluding hydrogens is 260 g/mol. The summed E-state index contributed by atoms with van der Waals surface area (Å²) in [6.07, 6.45) is 5.63. The van der Waals surface area contributed by atoms with E-state index < -0.39 is 9.84 Å². The van der Waals surface area contributed by atoms with Crippen molar-refractivity contribution in [1.82, 2.24) is 0 Å². The first kappa shape index (κ1) is 15.0. The van der Waals surface area contributed by atoms with Crippen molar-refractivity contribution in [2.75, 3.05) is 25.3 Å². The lowest BCUT2D eigenvalue weighted by Crippen LogP contribution is -2.07. The van der Waals surface area contributed by atoms with Gasteiger partial charge in [0.1, 0.15) is 11.0 Å². The molecule has 1 rings (SSSR count). The molecule has 0 spiro atoms. The molecule has 0 aliphatic heterocycles. The van der Waals surface area contributed by atoms with Crippen LogP contribution in [0.4, 0.5) is 5.69 Å². The number of anilines is 1. The molecule has 0 heterocycles. The molecule has 19 heavy (non-hydrogen) atoms. The largest absolute Gasteiger partial charge is 0.378 e. The summed E-state index contributed by atoms with van der Waals surface area (Å²) in [5.74, 6) is 0. The van der Waals surface area contributed by atoms with Gasteiger partial charge in [0, 0.05) is 26.0 Å². The number of sulfone groups is 1. The Morgan fingerprint density at radius 1 is 1.26 bits per heavy atom. The molecule has 0 saturated heterocycles. The molecule has 4 nitrogen and oxygen atoms in total. The lowest BCUT2D eigenvalue weighted by atomic mass is 10.2. The predicted molar refractivity (Wildman–Crippen MR) is 78.3 cm³/mol. The minimum absolute atomic E-state index is 0.242. The molecule has 0 aliphatic carbocycles. The maximum Gasteiger partial charge on any atom is 0.185 e. The smallest absolute Gasteiger partial charge is 0.185 e. The second-order valence-electron chi connectivity index (χ2n) is 4.26. The number of benzene rings is 1. The van der Waals surface area contributed by atoms with Crippen molar-refractivity contribution in [3.63, 3.8) is 0 Å². The van der Waals surface area contributed by atoms with Crippen LogP contribution >= 0.6 is 0 Å². The van der Waals surface area contributed by atoms with Crippen molar-refractivity contribution < 1.29 is 8.42 Å². The first-order valence-corrected chi connectivity index (χ1v) is 7.49. The van der Waals surface area contributed by atoms with E-state index in [1.165, 1.54) is 6.08 Å². The van der Waals surface area contributed by atoms with Gasteiger partial charge in [0.25, 0.3) is 0 Å². The van der Waals surface area contributed by atoms with Gasteiger partial charge in [0.2, 0.25) is 0 Å². The van der Waals surface area contributed by atoms with Crippen LogP contribution in [0.25, 0.3) is 6.08 Å². The highest BCUT2D eigenvalue weighted by molar-refractivity contribution is 7.94. The van der Waals surface area contributed by atoms with Crippen LogP contribution in [0, 0.1) is 11.3 Å². The van der Waals surface area contributed by atoms with E-state index >= 15 is 0 Å². The summed E-state index contributed by atoms with van der Waals surface area (Å²) in [7, 11) is 0.469. The second kappa shape index (κ2) is 6.21. The normalized spacial score (nSPS) is 12.4. The van der Waals surface area contributed by atoms with E-state index in [2.05, 4.69) is 0 Å². The van der Waals surface area contributed by atoms with Crippen molar-refractivity contribution in [2.45, 2.75) is 0 Å². The van der Waals surface area contributed by atoms with Gasteiger partial charge >= 0.3 is 0 Å². The number of nitriles is 1. The fraction of sp³-hybridized carbons (Fsp3) is 0.214. The molecule has 100 valence electrons. The van der Waals surface area contributed by atoms with E-state index in [1.807, 2.05) is 43.3 Å². The third kappa shape index (κ3) is 4.60. The van der Waals surface area contributed by atoms with Crippen molar-refractivity contribution in [3.05, 3.63) is 46.9 Å². The van der Waals surface area contributed by atoms with Crippen LogP contribution in [0.1, 0.15) is 5.56 Å². The first-order chi connectivity index (χ1) is 8.84. The maximum absolute atomic E-state index is 11.2. The van der Waals surface area contributed by atoms with Crippen molar-refractivity contribution in [3.8, 4) is 6.07 Å². The zero-order chi connectivity index (χ0) is 14.5. The van der Waals surface area contributed by atoms with Crippen molar-refractivity contribution in [2.24, 2.45) is 0 Å². The van der Waals surface area contributed by atoms with Gasteiger partial charge in [-0.3, -0.25) is 0 Å². The summed E-state index contributed by atoms with van der Waals surface area (Å²) < 4.78 is 22.4. The molecule has 0 N–H and O–H groups in total. The zero-order valence-corrected chi connectivity index (χ0v) is 12.0. The highest BCUT2D eigenvalue weighted by Gasteiger charge is 2.08. The summed E-state index contributed by atoms with van der Waals surface area (Å²) in [6.45, 7) is 0. The third-order valence-electron chi connectivity index (χ3n) is 2.46. The molecule has 0 fully saturated rings. The van der Waals surface area contributed by atoms with Gasteiger partial charge in [-0.05, 0) is 23.8 Å². The summed E-state index contributed by atoms with van der Waals surface area (Å²) in [6, 6.07) is 9.44. The highest BCUT2D eigenvalue weighted by atomic mass is 32.2. The van der Waals surface area contributed by atoms with Gasteiger partial charge < -0.3 is 4.90 Å². The Bertz CT molecular complexity index is 633. The average molecular weight is 276 g/mol. The molecule has 1 aromatic carbocycles. The predicted octanol–water partition coefficient (Wildman–Crippen LogP) is 2.22.